The Morgan fingerprint density at radius 2 is 1.50 bits per heavy atom. The predicted molar refractivity (Wildman–Crippen MR) is 103 cm³/mol. The minimum Gasteiger partial charge on any atom is -0.337 e. The van der Waals surface area contributed by atoms with Crippen molar-refractivity contribution in [3.8, 4) is 0 Å². The summed E-state index contributed by atoms with van der Waals surface area (Å²) in [5.74, 6) is 0.490. The number of hydrogen-bond acceptors (Lipinski definition) is 4. The zero-order chi connectivity index (χ0) is 18.4. The number of hydrogen-bond donors (Lipinski definition) is 0. The Hall–Kier alpha value is -3.21. The summed E-state index contributed by atoms with van der Waals surface area (Å²) < 4.78 is 0. The molecule has 0 aliphatic heterocycles. The van der Waals surface area contributed by atoms with Crippen LogP contribution in [0.2, 0.25) is 0 Å². The van der Waals surface area contributed by atoms with Gasteiger partial charge in [0.25, 0.3) is 5.91 Å². The molecule has 0 saturated carbocycles. The highest BCUT2D eigenvalue weighted by atomic mass is 16.2. The Morgan fingerprint density at radius 1 is 0.923 bits per heavy atom. The third-order valence-corrected chi connectivity index (χ3v) is 4.12. The van der Waals surface area contributed by atoms with Gasteiger partial charge in [-0.3, -0.25) is 4.79 Å². The van der Waals surface area contributed by atoms with Crippen molar-refractivity contribution in [2.24, 2.45) is 0 Å². The van der Waals surface area contributed by atoms with Crippen LogP contribution in [0.5, 0.6) is 0 Å². The van der Waals surface area contributed by atoms with Gasteiger partial charge in [-0.15, -0.1) is 0 Å². The molecule has 2 aromatic carbocycles. The Morgan fingerprint density at radius 3 is 2.08 bits per heavy atom. The molecule has 1 amide bonds. The van der Waals surface area contributed by atoms with Crippen molar-refractivity contribution in [3.63, 3.8) is 0 Å². The lowest BCUT2D eigenvalue weighted by molar-refractivity contribution is 0.0784. The van der Waals surface area contributed by atoms with Gasteiger partial charge in [-0.2, -0.15) is 0 Å². The lowest BCUT2D eigenvalue weighted by Gasteiger charge is -2.21. The molecule has 3 aromatic rings. The van der Waals surface area contributed by atoms with E-state index in [1.54, 1.807) is 24.3 Å². The molecule has 132 valence electrons. The van der Waals surface area contributed by atoms with E-state index in [1.807, 2.05) is 72.5 Å². The largest absolute Gasteiger partial charge is 0.337 e. The topological polar surface area (TPSA) is 49.3 Å². The van der Waals surface area contributed by atoms with E-state index >= 15 is 0 Å². The summed E-state index contributed by atoms with van der Waals surface area (Å²) in [6.07, 6.45) is 3.19. The van der Waals surface area contributed by atoms with Gasteiger partial charge in [-0.05, 0) is 24.6 Å². The number of carbonyl (C=O) groups is 1. The number of para-hydroxylation sites is 1. The lowest BCUT2D eigenvalue weighted by Crippen LogP contribution is -2.27. The second-order valence-corrected chi connectivity index (χ2v) is 6.00. The number of nitrogens with zero attached hydrogens (tertiary/aromatic N) is 4. The first-order valence-electron chi connectivity index (χ1n) is 8.63. The van der Waals surface area contributed by atoms with Crippen molar-refractivity contribution >= 4 is 17.5 Å². The molecule has 0 aliphatic rings. The summed E-state index contributed by atoms with van der Waals surface area (Å²) >= 11 is 0. The van der Waals surface area contributed by atoms with E-state index < -0.39 is 0 Å². The van der Waals surface area contributed by atoms with Crippen molar-refractivity contribution in [1.82, 2.24) is 14.9 Å². The van der Waals surface area contributed by atoms with Crippen LogP contribution in [-0.2, 0) is 6.54 Å². The van der Waals surface area contributed by atoms with E-state index in [2.05, 4.69) is 9.97 Å². The van der Waals surface area contributed by atoms with Crippen LogP contribution in [0.3, 0.4) is 0 Å². The van der Waals surface area contributed by atoms with Crippen LogP contribution in [0, 0.1) is 0 Å². The van der Waals surface area contributed by atoms with Gasteiger partial charge in [-0.25, -0.2) is 9.97 Å². The van der Waals surface area contributed by atoms with Crippen LogP contribution in [0.1, 0.15) is 22.8 Å². The minimum atomic E-state index is -0.0943. The average Bonchev–Trinajstić information content (AvgIpc) is 2.70. The van der Waals surface area contributed by atoms with Gasteiger partial charge in [0.15, 0.2) is 0 Å². The fraction of sp³-hybridized carbons (Fsp3) is 0.190. The van der Waals surface area contributed by atoms with Crippen LogP contribution in [0.25, 0.3) is 0 Å². The van der Waals surface area contributed by atoms with Gasteiger partial charge in [0, 0.05) is 38.2 Å². The van der Waals surface area contributed by atoms with E-state index in [-0.39, 0.29) is 5.91 Å². The summed E-state index contributed by atoms with van der Waals surface area (Å²) in [4.78, 5) is 25.1. The highest BCUT2D eigenvalue weighted by Crippen LogP contribution is 2.21. The number of amides is 1. The molecule has 0 fully saturated rings. The van der Waals surface area contributed by atoms with Crippen LogP contribution < -0.4 is 4.90 Å². The Kier molecular flexibility index (Phi) is 5.59. The van der Waals surface area contributed by atoms with E-state index in [4.69, 9.17) is 0 Å². The highest BCUT2D eigenvalue weighted by Gasteiger charge is 2.15. The molecule has 1 aromatic heterocycles. The SMILES string of the molecule is CCN(c1ccccc1)c1ncc(C(=O)N(C)Cc2ccccc2)cn1. The summed E-state index contributed by atoms with van der Waals surface area (Å²) in [7, 11) is 1.78. The summed E-state index contributed by atoms with van der Waals surface area (Å²) in [6.45, 7) is 3.33. The first-order valence-corrected chi connectivity index (χ1v) is 8.63. The molecule has 0 unspecified atom stereocenters. The smallest absolute Gasteiger partial charge is 0.257 e. The molecule has 3 rings (SSSR count). The fourth-order valence-corrected chi connectivity index (χ4v) is 2.77. The fourth-order valence-electron chi connectivity index (χ4n) is 2.77. The number of carbonyl (C=O) groups excluding carboxylic acids is 1. The van der Waals surface area contributed by atoms with Gasteiger partial charge in [0.1, 0.15) is 0 Å². The van der Waals surface area contributed by atoms with Gasteiger partial charge < -0.3 is 9.80 Å². The minimum absolute atomic E-state index is 0.0943. The molecule has 5 heteroatoms. The van der Waals surface area contributed by atoms with Crippen molar-refractivity contribution in [1.29, 1.82) is 0 Å². The number of anilines is 2. The zero-order valence-corrected chi connectivity index (χ0v) is 15.0. The predicted octanol–water partition coefficient (Wildman–Crippen LogP) is 3.91. The molecule has 0 bridgehead atoms. The Balaban J connectivity index is 1.73. The molecule has 0 aliphatic carbocycles. The number of aromatic nitrogens is 2. The van der Waals surface area contributed by atoms with Crippen LogP contribution in [-0.4, -0.2) is 34.4 Å². The summed E-state index contributed by atoms with van der Waals surface area (Å²) in [5, 5.41) is 0. The average molecular weight is 346 g/mol. The van der Waals surface area contributed by atoms with E-state index in [9.17, 15) is 4.79 Å². The van der Waals surface area contributed by atoms with Gasteiger partial charge in [-0.1, -0.05) is 48.5 Å². The molecular formula is C21H22N4O. The van der Waals surface area contributed by atoms with Gasteiger partial charge in [0.05, 0.1) is 5.56 Å². The van der Waals surface area contributed by atoms with Crippen LogP contribution in [0.4, 0.5) is 11.6 Å². The van der Waals surface area contributed by atoms with E-state index in [0.717, 1.165) is 17.8 Å². The summed E-state index contributed by atoms with van der Waals surface area (Å²) in [5.41, 5.74) is 2.59. The molecule has 5 nitrogen and oxygen atoms in total. The van der Waals surface area contributed by atoms with Crippen molar-refractivity contribution in [2.45, 2.75) is 13.5 Å². The molecule has 0 spiro atoms. The maximum Gasteiger partial charge on any atom is 0.257 e. The van der Waals surface area contributed by atoms with Crippen LogP contribution in [0.15, 0.2) is 73.1 Å². The molecule has 1 heterocycles. The standard InChI is InChI=1S/C21H22N4O/c1-3-25(19-12-8-5-9-13-19)21-22-14-18(15-23-21)20(26)24(2)16-17-10-6-4-7-11-17/h4-15H,3,16H2,1-2H3. The van der Waals surface area contributed by atoms with Gasteiger partial charge >= 0.3 is 0 Å². The highest BCUT2D eigenvalue weighted by molar-refractivity contribution is 5.93. The Bertz CT molecular complexity index is 835. The maximum absolute atomic E-state index is 12.6. The number of benzene rings is 2. The van der Waals surface area contributed by atoms with Crippen molar-refractivity contribution < 1.29 is 4.79 Å². The molecule has 0 atom stereocenters. The molecule has 0 N–H and O–H groups in total. The third-order valence-electron chi connectivity index (χ3n) is 4.12. The van der Waals surface area contributed by atoms with Crippen molar-refractivity contribution in [3.05, 3.63) is 84.2 Å². The second-order valence-electron chi connectivity index (χ2n) is 6.00. The van der Waals surface area contributed by atoms with Crippen molar-refractivity contribution in [2.75, 3.05) is 18.5 Å². The number of rotatable bonds is 6. The molecular weight excluding hydrogens is 324 g/mol. The second kappa shape index (κ2) is 8.25. The van der Waals surface area contributed by atoms with E-state index in [0.29, 0.717) is 18.1 Å². The first-order chi connectivity index (χ1) is 12.7. The monoisotopic (exact) mass is 346 g/mol. The maximum atomic E-state index is 12.6. The third kappa shape index (κ3) is 4.06. The first kappa shape index (κ1) is 17.6. The molecule has 0 radical (unpaired) electrons. The quantitative estimate of drug-likeness (QED) is 0.679. The van der Waals surface area contributed by atoms with Crippen LogP contribution >= 0.6 is 0 Å². The van der Waals surface area contributed by atoms with E-state index in [1.165, 1.54) is 0 Å². The lowest BCUT2D eigenvalue weighted by atomic mass is 10.2. The molecule has 26 heavy (non-hydrogen) atoms. The Labute approximate surface area is 153 Å². The van der Waals surface area contributed by atoms with Gasteiger partial charge in [0.2, 0.25) is 5.95 Å². The zero-order valence-electron chi connectivity index (χ0n) is 15.0. The molecule has 0 saturated heterocycles. The summed E-state index contributed by atoms with van der Waals surface area (Å²) in [6, 6.07) is 19.9. The normalized spacial score (nSPS) is 10.4.